The van der Waals surface area contributed by atoms with Gasteiger partial charge in [0.2, 0.25) is 0 Å². The fraction of sp³-hybridized carbons (Fsp3) is 0.700. The molecule has 3 nitrogen and oxygen atoms in total. The molecule has 1 aliphatic rings. The summed E-state index contributed by atoms with van der Waals surface area (Å²) in [5.74, 6) is 0. The third kappa shape index (κ3) is 2.56. The minimum Gasteiger partial charge on any atom is -0.372 e. The van der Waals surface area contributed by atoms with Crippen LogP contribution in [0.15, 0.2) is 11.8 Å². The van der Waals surface area contributed by atoms with E-state index in [0.717, 1.165) is 25.1 Å². The van der Waals surface area contributed by atoms with Crippen molar-refractivity contribution in [2.45, 2.75) is 33.0 Å². The van der Waals surface area contributed by atoms with Crippen molar-refractivity contribution in [3.8, 4) is 0 Å². The first-order valence-electron chi connectivity index (χ1n) is 4.69. The first-order valence-corrected chi connectivity index (χ1v) is 4.69. The van der Waals surface area contributed by atoms with E-state index in [1.165, 1.54) is 0 Å². The lowest BCUT2D eigenvalue weighted by Gasteiger charge is -2.36. The van der Waals surface area contributed by atoms with Crippen molar-refractivity contribution < 1.29 is 9.53 Å². The molecule has 2 unspecified atom stereocenters. The molecule has 2 atom stereocenters. The van der Waals surface area contributed by atoms with Crippen LogP contribution in [0.3, 0.4) is 0 Å². The predicted molar refractivity (Wildman–Crippen MR) is 51.4 cm³/mol. The van der Waals surface area contributed by atoms with Crippen LogP contribution in [0.4, 0.5) is 0 Å². The SMILES string of the molecule is CC=C(C=O)N1CC(C)OC(C)C1. The first-order chi connectivity index (χ1) is 6.17. The molecule has 1 rings (SSSR count). The average Bonchev–Trinajstić information content (AvgIpc) is 2.04. The Kier molecular flexibility index (Phi) is 3.48. The minimum absolute atomic E-state index is 0.207. The Morgan fingerprint density at radius 2 is 1.92 bits per heavy atom. The van der Waals surface area contributed by atoms with E-state index < -0.39 is 0 Å². The van der Waals surface area contributed by atoms with Crippen molar-refractivity contribution in [2.75, 3.05) is 13.1 Å². The maximum Gasteiger partial charge on any atom is 0.165 e. The Bertz CT molecular complexity index is 203. The Morgan fingerprint density at radius 1 is 1.38 bits per heavy atom. The van der Waals surface area contributed by atoms with Crippen LogP contribution < -0.4 is 0 Å². The molecule has 0 aliphatic carbocycles. The highest BCUT2D eigenvalue weighted by atomic mass is 16.5. The molecule has 13 heavy (non-hydrogen) atoms. The molecule has 1 fully saturated rings. The molecule has 0 aromatic rings. The van der Waals surface area contributed by atoms with E-state index in [2.05, 4.69) is 4.90 Å². The quantitative estimate of drug-likeness (QED) is 0.476. The fourth-order valence-electron chi connectivity index (χ4n) is 1.71. The van der Waals surface area contributed by atoms with E-state index in [1.807, 2.05) is 26.8 Å². The summed E-state index contributed by atoms with van der Waals surface area (Å²) in [6.45, 7) is 7.56. The van der Waals surface area contributed by atoms with Crippen LogP contribution in [0.25, 0.3) is 0 Å². The molecule has 0 radical (unpaired) electrons. The van der Waals surface area contributed by atoms with Gasteiger partial charge in [0, 0.05) is 13.1 Å². The smallest absolute Gasteiger partial charge is 0.165 e. The van der Waals surface area contributed by atoms with E-state index in [4.69, 9.17) is 4.74 Å². The van der Waals surface area contributed by atoms with Gasteiger partial charge in [-0.2, -0.15) is 0 Å². The normalized spacial score (nSPS) is 30.4. The van der Waals surface area contributed by atoms with Gasteiger partial charge in [-0.05, 0) is 20.8 Å². The maximum absolute atomic E-state index is 10.7. The Morgan fingerprint density at radius 3 is 2.31 bits per heavy atom. The lowest BCUT2D eigenvalue weighted by atomic mass is 10.2. The topological polar surface area (TPSA) is 29.5 Å². The average molecular weight is 183 g/mol. The van der Waals surface area contributed by atoms with Gasteiger partial charge < -0.3 is 9.64 Å². The van der Waals surface area contributed by atoms with Crippen molar-refractivity contribution in [1.29, 1.82) is 0 Å². The molecule has 0 spiro atoms. The summed E-state index contributed by atoms with van der Waals surface area (Å²) in [5.41, 5.74) is 0.766. The van der Waals surface area contributed by atoms with Gasteiger partial charge in [0.25, 0.3) is 0 Å². The Balaban J connectivity index is 2.64. The number of rotatable bonds is 2. The van der Waals surface area contributed by atoms with E-state index >= 15 is 0 Å². The summed E-state index contributed by atoms with van der Waals surface area (Å²) >= 11 is 0. The highest BCUT2D eigenvalue weighted by Gasteiger charge is 2.22. The molecule has 1 heterocycles. The number of aldehydes is 1. The van der Waals surface area contributed by atoms with Gasteiger partial charge >= 0.3 is 0 Å². The summed E-state index contributed by atoms with van der Waals surface area (Å²) in [4.78, 5) is 12.8. The van der Waals surface area contributed by atoms with E-state index in [-0.39, 0.29) is 12.2 Å². The van der Waals surface area contributed by atoms with Crippen LogP contribution in [-0.4, -0.2) is 36.5 Å². The number of hydrogen-bond acceptors (Lipinski definition) is 3. The standard InChI is InChI=1S/C10H17NO2/c1-4-10(7-12)11-5-8(2)13-9(3)6-11/h4,7-9H,5-6H2,1-3H3. The molecule has 1 saturated heterocycles. The van der Waals surface area contributed by atoms with Gasteiger partial charge in [-0.3, -0.25) is 4.79 Å². The second kappa shape index (κ2) is 4.42. The number of nitrogens with zero attached hydrogens (tertiary/aromatic N) is 1. The minimum atomic E-state index is 0.207. The van der Waals surface area contributed by atoms with Crippen molar-refractivity contribution >= 4 is 6.29 Å². The van der Waals surface area contributed by atoms with E-state index in [0.29, 0.717) is 0 Å². The highest BCUT2D eigenvalue weighted by molar-refractivity contribution is 5.72. The van der Waals surface area contributed by atoms with Gasteiger partial charge in [0.1, 0.15) is 0 Å². The zero-order valence-electron chi connectivity index (χ0n) is 8.49. The van der Waals surface area contributed by atoms with Crippen LogP contribution in [-0.2, 0) is 9.53 Å². The van der Waals surface area contributed by atoms with Crippen molar-refractivity contribution in [2.24, 2.45) is 0 Å². The van der Waals surface area contributed by atoms with E-state index in [9.17, 15) is 4.79 Å². The summed E-state index contributed by atoms with van der Waals surface area (Å²) in [5, 5.41) is 0. The molecule has 1 aliphatic heterocycles. The zero-order chi connectivity index (χ0) is 9.84. The molecule has 0 saturated carbocycles. The van der Waals surface area contributed by atoms with Gasteiger partial charge in [-0.1, -0.05) is 6.08 Å². The number of carbonyl (C=O) groups excluding carboxylic acids is 1. The van der Waals surface area contributed by atoms with E-state index in [1.54, 1.807) is 0 Å². The second-order valence-electron chi connectivity index (χ2n) is 3.49. The zero-order valence-corrected chi connectivity index (χ0v) is 8.49. The predicted octanol–water partition coefficient (Wildman–Crippen LogP) is 1.20. The highest BCUT2D eigenvalue weighted by Crippen LogP contribution is 2.14. The van der Waals surface area contributed by atoms with Gasteiger partial charge in [-0.25, -0.2) is 0 Å². The van der Waals surface area contributed by atoms with Crippen LogP contribution in [0.2, 0.25) is 0 Å². The number of hydrogen-bond donors (Lipinski definition) is 0. The number of ether oxygens (including phenoxy) is 1. The second-order valence-corrected chi connectivity index (χ2v) is 3.49. The molecule has 0 N–H and O–H groups in total. The van der Waals surface area contributed by atoms with Crippen molar-refractivity contribution in [1.82, 2.24) is 4.90 Å². The molecule has 0 bridgehead atoms. The van der Waals surface area contributed by atoms with Gasteiger partial charge in [0.05, 0.1) is 17.9 Å². The summed E-state index contributed by atoms with van der Waals surface area (Å²) in [7, 11) is 0. The summed E-state index contributed by atoms with van der Waals surface area (Å²) in [6, 6.07) is 0. The Labute approximate surface area is 79.4 Å². The summed E-state index contributed by atoms with van der Waals surface area (Å²) < 4.78 is 5.57. The number of allylic oxidation sites excluding steroid dienone is 2. The fourth-order valence-corrected chi connectivity index (χ4v) is 1.71. The van der Waals surface area contributed by atoms with Crippen LogP contribution >= 0.6 is 0 Å². The molecule has 0 aromatic heterocycles. The molecule has 3 heteroatoms. The lowest BCUT2D eigenvalue weighted by Crippen LogP contribution is -2.45. The Hall–Kier alpha value is -0.830. The first kappa shape index (κ1) is 10.3. The summed E-state index contributed by atoms with van der Waals surface area (Å²) in [6.07, 6.45) is 3.17. The molecular weight excluding hydrogens is 166 g/mol. The third-order valence-corrected chi connectivity index (χ3v) is 2.20. The molecule has 0 amide bonds. The number of morpholine rings is 1. The largest absolute Gasteiger partial charge is 0.372 e. The number of carbonyl (C=O) groups is 1. The molecule has 0 aromatic carbocycles. The van der Waals surface area contributed by atoms with Crippen LogP contribution in [0.5, 0.6) is 0 Å². The molecule has 74 valence electrons. The van der Waals surface area contributed by atoms with Gasteiger partial charge in [-0.15, -0.1) is 0 Å². The monoisotopic (exact) mass is 183 g/mol. The van der Waals surface area contributed by atoms with Crippen molar-refractivity contribution in [3.63, 3.8) is 0 Å². The van der Waals surface area contributed by atoms with Crippen molar-refractivity contribution in [3.05, 3.63) is 11.8 Å². The van der Waals surface area contributed by atoms with Gasteiger partial charge in [0.15, 0.2) is 6.29 Å². The van der Waals surface area contributed by atoms with Crippen LogP contribution in [0.1, 0.15) is 20.8 Å². The lowest BCUT2D eigenvalue weighted by molar-refractivity contribution is -0.108. The van der Waals surface area contributed by atoms with Crippen LogP contribution in [0, 0.1) is 0 Å². The molecular formula is C10H17NO2. The third-order valence-electron chi connectivity index (χ3n) is 2.20. The maximum atomic E-state index is 10.7.